The van der Waals surface area contributed by atoms with Crippen molar-refractivity contribution in [1.29, 1.82) is 0 Å². The van der Waals surface area contributed by atoms with Crippen molar-refractivity contribution in [2.75, 3.05) is 13.1 Å². The molecule has 0 fully saturated rings. The number of carbonyl (C=O) groups excluding carboxylic acids is 2. The Balaban J connectivity index is 3.72. The highest BCUT2D eigenvalue weighted by atomic mass is 16.2. The van der Waals surface area contributed by atoms with E-state index >= 15 is 0 Å². The van der Waals surface area contributed by atoms with Gasteiger partial charge in [-0.1, -0.05) is 13.8 Å². The van der Waals surface area contributed by atoms with Crippen LogP contribution in [-0.2, 0) is 9.59 Å². The Hall–Kier alpha value is -1.10. The molecule has 2 unspecified atom stereocenters. The van der Waals surface area contributed by atoms with Crippen LogP contribution in [-0.4, -0.2) is 37.0 Å². The summed E-state index contributed by atoms with van der Waals surface area (Å²) in [4.78, 5) is 23.0. The van der Waals surface area contributed by atoms with Gasteiger partial charge in [-0.15, -0.1) is 0 Å². The molecule has 0 aromatic rings. The maximum atomic E-state index is 11.7. The van der Waals surface area contributed by atoms with Gasteiger partial charge < -0.3 is 16.0 Å². The normalized spacial score (nSPS) is 13.8. The molecule has 0 saturated carbocycles. The van der Waals surface area contributed by atoms with E-state index in [0.717, 1.165) is 12.8 Å². The van der Waals surface area contributed by atoms with Gasteiger partial charge in [-0.3, -0.25) is 9.59 Å². The summed E-state index contributed by atoms with van der Waals surface area (Å²) >= 11 is 0. The van der Waals surface area contributed by atoms with E-state index < -0.39 is 0 Å². The highest BCUT2D eigenvalue weighted by Crippen LogP contribution is 1.91. The molecule has 0 spiro atoms. The number of hydrogen-bond acceptors (Lipinski definition) is 3. The van der Waals surface area contributed by atoms with E-state index in [1.54, 1.807) is 0 Å². The van der Waals surface area contributed by atoms with Crippen LogP contribution in [0, 0.1) is 0 Å². The SMILES string of the molecule is CCCNC(=O)CCNC(C)C(=O)NC(C)CC. The van der Waals surface area contributed by atoms with Gasteiger partial charge >= 0.3 is 0 Å². The van der Waals surface area contributed by atoms with Gasteiger partial charge in [0.05, 0.1) is 6.04 Å². The van der Waals surface area contributed by atoms with Gasteiger partial charge in [0.25, 0.3) is 0 Å². The largest absolute Gasteiger partial charge is 0.356 e. The van der Waals surface area contributed by atoms with E-state index in [-0.39, 0.29) is 23.9 Å². The van der Waals surface area contributed by atoms with Crippen LogP contribution in [0.3, 0.4) is 0 Å². The second kappa shape index (κ2) is 9.88. The topological polar surface area (TPSA) is 70.2 Å². The van der Waals surface area contributed by atoms with Crippen LogP contribution in [0.15, 0.2) is 0 Å². The van der Waals surface area contributed by atoms with Crippen LogP contribution in [0.4, 0.5) is 0 Å². The molecule has 0 bridgehead atoms. The van der Waals surface area contributed by atoms with Crippen molar-refractivity contribution < 1.29 is 9.59 Å². The molecule has 0 aliphatic carbocycles. The first-order valence-corrected chi connectivity index (χ1v) is 6.81. The Morgan fingerprint density at radius 3 is 2.33 bits per heavy atom. The molecular formula is C13H27N3O2. The van der Waals surface area contributed by atoms with Gasteiger partial charge in [0, 0.05) is 25.6 Å². The van der Waals surface area contributed by atoms with Gasteiger partial charge in [0.15, 0.2) is 0 Å². The molecule has 5 nitrogen and oxygen atoms in total. The molecule has 2 atom stereocenters. The Morgan fingerprint density at radius 1 is 1.11 bits per heavy atom. The number of carbonyl (C=O) groups is 2. The Bertz CT molecular complexity index is 257. The zero-order chi connectivity index (χ0) is 14.0. The number of nitrogens with one attached hydrogen (secondary N) is 3. The van der Waals surface area contributed by atoms with Gasteiger partial charge in [-0.25, -0.2) is 0 Å². The summed E-state index contributed by atoms with van der Waals surface area (Å²) in [5.41, 5.74) is 0. The van der Waals surface area contributed by atoms with Gasteiger partial charge in [-0.2, -0.15) is 0 Å². The van der Waals surface area contributed by atoms with Crippen LogP contribution in [0.25, 0.3) is 0 Å². The van der Waals surface area contributed by atoms with Crippen LogP contribution in [0.1, 0.15) is 47.0 Å². The average Bonchev–Trinajstić information content (AvgIpc) is 2.35. The fraction of sp³-hybridized carbons (Fsp3) is 0.846. The standard InChI is InChI=1S/C13H27N3O2/c1-5-8-15-12(17)7-9-14-11(4)13(18)16-10(3)6-2/h10-11,14H,5-9H2,1-4H3,(H,15,17)(H,16,18). The predicted molar refractivity (Wildman–Crippen MR) is 73.3 cm³/mol. The van der Waals surface area contributed by atoms with Crippen molar-refractivity contribution in [3.05, 3.63) is 0 Å². The number of amides is 2. The Kier molecular flexibility index (Phi) is 9.28. The lowest BCUT2D eigenvalue weighted by atomic mass is 10.2. The quantitative estimate of drug-likeness (QED) is 0.572. The molecule has 0 radical (unpaired) electrons. The number of hydrogen-bond donors (Lipinski definition) is 3. The molecule has 106 valence electrons. The maximum Gasteiger partial charge on any atom is 0.237 e. The van der Waals surface area contributed by atoms with Crippen molar-refractivity contribution in [3.63, 3.8) is 0 Å². The van der Waals surface area contributed by atoms with Crippen molar-refractivity contribution in [1.82, 2.24) is 16.0 Å². The van der Waals surface area contributed by atoms with Crippen LogP contribution in [0.5, 0.6) is 0 Å². The number of rotatable bonds is 9. The Labute approximate surface area is 110 Å². The van der Waals surface area contributed by atoms with E-state index in [9.17, 15) is 9.59 Å². The maximum absolute atomic E-state index is 11.7. The van der Waals surface area contributed by atoms with E-state index in [1.807, 2.05) is 27.7 Å². The summed E-state index contributed by atoms with van der Waals surface area (Å²) in [7, 11) is 0. The highest BCUT2D eigenvalue weighted by Gasteiger charge is 2.13. The van der Waals surface area contributed by atoms with Crippen LogP contribution < -0.4 is 16.0 Å². The van der Waals surface area contributed by atoms with Crippen LogP contribution >= 0.6 is 0 Å². The zero-order valence-corrected chi connectivity index (χ0v) is 12.0. The molecule has 0 aromatic heterocycles. The lowest BCUT2D eigenvalue weighted by Crippen LogP contribution is -2.46. The van der Waals surface area contributed by atoms with Gasteiger partial charge in [0.2, 0.25) is 11.8 Å². The molecule has 0 aliphatic heterocycles. The fourth-order valence-corrected chi connectivity index (χ4v) is 1.32. The molecule has 5 heteroatoms. The Morgan fingerprint density at radius 2 is 1.78 bits per heavy atom. The lowest BCUT2D eigenvalue weighted by Gasteiger charge is -2.17. The van der Waals surface area contributed by atoms with Crippen molar-refractivity contribution in [2.24, 2.45) is 0 Å². The third-order valence-corrected chi connectivity index (χ3v) is 2.77. The summed E-state index contributed by atoms with van der Waals surface area (Å²) in [6.45, 7) is 9.05. The van der Waals surface area contributed by atoms with E-state index in [0.29, 0.717) is 19.5 Å². The first kappa shape index (κ1) is 16.9. The van der Waals surface area contributed by atoms with E-state index in [1.165, 1.54) is 0 Å². The second-order valence-electron chi connectivity index (χ2n) is 4.59. The molecule has 0 aromatic carbocycles. The third-order valence-electron chi connectivity index (χ3n) is 2.77. The molecule has 0 rings (SSSR count). The molecule has 0 saturated heterocycles. The third kappa shape index (κ3) is 8.06. The predicted octanol–water partition coefficient (Wildman–Crippen LogP) is 0.796. The smallest absolute Gasteiger partial charge is 0.237 e. The summed E-state index contributed by atoms with van der Waals surface area (Å²) in [5.74, 6) is 0.0113. The zero-order valence-electron chi connectivity index (χ0n) is 12.0. The molecule has 3 N–H and O–H groups in total. The van der Waals surface area contributed by atoms with Crippen LogP contribution in [0.2, 0.25) is 0 Å². The molecule has 18 heavy (non-hydrogen) atoms. The summed E-state index contributed by atoms with van der Waals surface area (Å²) in [6.07, 6.45) is 2.26. The highest BCUT2D eigenvalue weighted by molar-refractivity contribution is 5.81. The molecule has 0 heterocycles. The second-order valence-corrected chi connectivity index (χ2v) is 4.59. The van der Waals surface area contributed by atoms with E-state index in [4.69, 9.17) is 0 Å². The van der Waals surface area contributed by atoms with E-state index in [2.05, 4.69) is 16.0 Å². The molecule has 0 aliphatic rings. The lowest BCUT2D eigenvalue weighted by molar-refractivity contribution is -0.124. The summed E-state index contributed by atoms with van der Waals surface area (Å²) in [5, 5.41) is 8.74. The van der Waals surface area contributed by atoms with Crippen molar-refractivity contribution in [3.8, 4) is 0 Å². The first-order valence-electron chi connectivity index (χ1n) is 6.81. The van der Waals surface area contributed by atoms with Crippen molar-refractivity contribution in [2.45, 2.75) is 59.0 Å². The minimum Gasteiger partial charge on any atom is -0.356 e. The summed E-state index contributed by atoms with van der Waals surface area (Å²) in [6, 6.07) is -0.0763. The molecular weight excluding hydrogens is 230 g/mol. The summed E-state index contributed by atoms with van der Waals surface area (Å²) < 4.78 is 0. The first-order chi connectivity index (χ1) is 8.51. The monoisotopic (exact) mass is 257 g/mol. The minimum absolute atomic E-state index is 0.0154. The van der Waals surface area contributed by atoms with Crippen molar-refractivity contribution >= 4 is 11.8 Å². The molecule has 2 amide bonds. The fourth-order valence-electron chi connectivity index (χ4n) is 1.32. The minimum atomic E-state index is -0.266. The average molecular weight is 257 g/mol. The van der Waals surface area contributed by atoms with Gasteiger partial charge in [0.1, 0.15) is 0 Å². The van der Waals surface area contributed by atoms with Gasteiger partial charge in [-0.05, 0) is 26.7 Å².